The van der Waals surface area contributed by atoms with Crippen LogP contribution < -0.4 is 5.32 Å². The number of hydrogen-bond acceptors (Lipinski definition) is 2. The van der Waals surface area contributed by atoms with Crippen LogP contribution in [0.5, 0.6) is 0 Å². The van der Waals surface area contributed by atoms with E-state index in [-0.39, 0.29) is 0 Å². The van der Waals surface area contributed by atoms with Crippen LogP contribution in [-0.4, -0.2) is 15.6 Å². The molecule has 1 aliphatic rings. The smallest absolute Gasteiger partial charge is 0.203 e. The molecule has 3 heteroatoms. The van der Waals surface area contributed by atoms with Crippen molar-refractivity contribution in [3.63, 3.8) is 0 Å². The largest absolute Gasteiger partial charge is 0.352 e. The predicted octanol–water partition coefficient (Wildman–Crippen LogP) is 3.82. The van der Waals surface area contributed by atoms with Crippen LogP contribution in [-0.2, 0) is 6.54 Å². The van der Waals surface area contributed by atoms with Gasteiger partial charge in [-0.05, 0) is 24.8 Å². The first-order valence-corrected chi connectivity index (χ1v) is 7.48. The second-order valence-electron chi connectivity index (χ2n) is 6.26. The van der Waals surface area contributed by atoms with Crippen LogP contribution in [0, 0.1) is 12.8 Å². The first kappa shape index (κ1) is 13.2. The zero-order valence-corrected chi connectivity index (χ0v) is 12.5. The van der Waals surface area contributed by atoms with E-state index in [1.807, 2.05) is 0 Å². The third kappa shape index (κ3) is 2.87. The van der Waals surface area contributed by atoms with Crippen LogP contribution in [0.3, 0.4) is 0 Å². The number of aromatic nitrogens is 2. The van der Waals surface area contributed by atoms with Gasteiger partial charge in [-0.25, -0.2) is 4.98 Å². The van der Waals surface area contributed by atoms with Crippen molar-refractivity contribution in [3.05, 3.63) is 47.8 Å². The van der Waals surface area contributed by atoms with Crippen molar-refractivity contribution >= 4 is 5.95 Å². The SMILES string of the molecule is Cc1cn(CC(C)C)c(NC2CC2c2ccccc2)n1. The molecule has 3 nitrogen and oxygen atoms in total. The van der Waals surface area contributed by atoms with Crippen molar-refractivity contribution < 1.29 is 0 Å². The number of hydrogen-bond donors (Lipinski definition) is 1. The maximum absolute atomic E-state index is 4.62. The second kappa shape index (κ2) is 5.31. The van der Waals surface area contributed by atoms with E-state index in [0.29, 0.717) is 17.9 Å². The summed E-state index contributed by atoms with van der Waals surface area (Å²) in [6.07, 6.45) is 3.35. The Morgan fingerprint density at radius 2 is 2.05 bits per heavy atom. The van der Waals surface area contributed by atoms with E-state index in [1.54, 1.807) is 0 Å². The fourth-order valence-electron chi connectivity index (χ4n) is 2.78. The Bertz CT molecular complexity index is 571. The summed E-state index contributed by atoms with van der Waals surface area (Å²) in [5, 5.41) is 3.61. The Balaban J connectivity index is 1.68. The van der Waals surface area contributed by atoms with Gasteiger partial charge in [0.25, 0.3) is 0 Å². The summed E-state index contributed by atoms with van der Waals surface area (Å²) in [7, 11) is 0. The number of anilines is 1. The zero-order chi connectivity index (χ0) is 14.1. The normalized spacial score (nSPS) is 21.2. The van der Waals surface area contributed by atoms with Crippen LogP contribution in [0.15, 0.2) is 36.5 Å². The first-order valence-electron chi connectivity index (χ1n) is 7.48. The van der Waals surface area contributed by atoms with Crippen molar-refractivity contribution in [2.75, 3.05) is 5.32 Å². The number of benzene rings is 1. The van der Waals surface area contributed by atoms with E-state index in [2.05, 4.69) is 72.2 Å². The highest BCUT2D eigenvalue weighted by Gasteiger charge is 2.39. The lowest BCUT2D eigenvalue weighted by molar-refractivity contribution is 0.526. The van der Waals surface area contributed by atoms with Crippen LogP contribution in [0.1, 0.15) is 37.4 Å². The van der Waals surface area contributed by atoms with Gasteiger partial charge in [-0.15, -0.1) is 0 Å². The number of imidazole rings is 1. The third-order valence-electron chi connectivity index (χ3n) is 3.79. The summed E-state index contributed by atoms with van der Waals surface area (Å²) in [5.74, 6) is 2.30. The molecule has 0 bridgehead atoms. The molecule has 0 radical (unpaired) electrons. The molecule has 20 heavy (non-hydrogen) atoms. The van der Waals surface area contributed by atoms with E-state index in [4.69, 9.17) is 0 Å². The van der Waals surface area contributed by atoms with Gasteiger partial charge in [0.1, 0.15) is 0 Å². The fourth-order valence-corrected chi connectivity index (χ4v) is 2.78. The molecule has 1 saturated carbocycles. The van der Waals surface area contributed by atoms with Crippen molar-refractivity contribution in [2.45, 2.75) is 45.7 Å². The van der Waals surface area contributed by atoms with Crippen molar-refractivity contribution in [2.24, 2.45) is 5.92 Å². The van der Waals surface area contributed by atoms with Crippen LogP contribution >= 0.6 is 0 Å². The average molecular weight is 269 g/mol. The zero-order valence-electron chi connectivity index (χ0n) is 12.5. The highest BCUT2D eigenvalue weighted by atomic mass is 15.2. The molecule has 1 aliphatic carbocycles. The minimum absolute atomic E-state index is 0.533. The molecule has 1 aromatic heterocycles. The van der Waals surface area contributed by atoms with Gasteiger partial charge in [-0.2, -0.15) is 0 Å². The highest BCUT2D eigenvalue weighted by Crippen LogP contribution is 2.42. The Morgan fingerprint density at radius 3 is 2.75 bits per heavy atom. The van der Waals surface area contributed by atoms with Crippen LogP contribution in [0.4, 0.5) is 5.95 Å². The Labute approximate surface area is 121 Å². The molecule has 0 saturated heterocycles. The van der Waals surface area contributed by atoms with Crippen molar-refractivity contribution in [3.8, 4) is 0 Å². The van der Waals surface area contributed by atoms with Gasteiger partial charge in [-0.3, -0.25) is 0 Å². The second-order valence-corrected chi connectivity index (χ2v) is 6.26. The number of rotatable bonds is 5. The summed E-state index contributed by atoms with van der Waals surface area (Å²) in [6.45, 7) is 7.56. The van der Waals surface area contributed by atoms with E-state index in [9.17, 15) is 0 Å². The molecule has 1 heterocycles. The molecular formula is C17H23N3. The molecule has 0 amide bonds. The molecular weight excluding hydrogens is 246 g/mol. The van der Waals surface area contributed by atoms with Gasteiger partial charge >= 0.3 is 0 Å². The molecule has 1 N–H and O–H groups in total. The number of nitrogens with zero attached hydrogens (tertiary/aromatic N) is 2. The molecule has 1 fully saturated rings. The quantitative estimate of drug-likeness (QED) is 0.894. The van der Waals surface area contributed by atoms with Crippen LogP contribution in [0.2, 0.25) is 0 Å². The minimum atomic E-state index is 0.533. The fraction of sp³-hybridized carbons (Fsp3) is 0.471. The third-order valence-corrected chi connectivity index (χ3v) is 3.79. The van der Waals surface area contributed by atoms with Gasteiger partial charge in [-0.1, -0.05) is 44.2 Å². The standard InChI is InChI=1S/C17H23N3/c1-12(2)10-20-11-13(3)18-17(20)19-16-9-15(16)14-7-5-4-6-8-14/h4-8,11-12,15-16H,9-10H2,1-3H3,(H,18,19). The maximum Gasteiger partial charge on any atom is 0.203 e. The summed E-state index contributed by atoms with van der Waals surface area (Å²) >= 11 is 0. The molecule has 2 atom stereocenters. The Morgan fingerprint density at radius 1 is 1.30 bits per heavy atom. The van der Waals surface area contributed by atoms with Gasteiger partial charge in [0, 0.05) is 24.7 Å². The maximum atomic E-state index is 4.62. The summed E-state index contributed by atoms with van der Waals surface area (Å²) < 4.78 is 2.25. The Kier molecular flexibility index (Phi) is 3.51. The van der Waals surface area contributed by atoms with Gasteiger partial charge in [0.15, 0.2) is 0 Å². The minimum Gasteiger partial charge on any atom is -0.352 e. The van der Waals surface area contributed by atoms with E-state index < -0.39 is 0 Å². The van der Waals surface area contributed by atoms with Crippen molar-refractivity contribution in [1.29, 1.82) is 0 Å². The van der Waals surface area contributed by atoms with E-state index >= 15 is 0 Å². The molecule has 106 valence electrons. The number of nitrogens with one attached hydrogen (secondary N) is 1. The summed E-state index contributed by atoms with van der Waals surface area (Å²) in [5.41, 5.74) is 2.52. The molecule has 0 aliphatic heterocycles. The number of aryl methyl sites for hydroxylation is 1. The lowest BCUT2D eigenvalue weighted by Crippen LogP contribution is -2.12. The average Bonchev–Trinajstić information content (AvgIpc) is 3.09. The lowest BCUT2D eigenvalue weighted by atomic mass is 10.1. The van der Waals surface area contributed by atoms with E-state index in [0.717, 1.165) is 18.2 Å². The Hall–Kier alpha value is -1.77. The molecule has 1 aromatic carbocycles. The van der Waals surface area contributed by atoms with Gasteiger partial charge in [0.2, 0.25) is 5.95 Å². The topological polar surface area (TPSA) is 29.9 Å². The van der Waals surface area contributed by atoms with E-state index in [1.165, 1.54) is 12.0 Å². The van der Waals surface area contributed by atoms with Crippen molar-refractivity contribution in [1.82, 2.24) is 9.55 Å². The summed E-state index contributed by atoms with van der Waals surface area (Å²) in [6, 6.07) is 11.3. The molecule has 2 aromatic rings. The lowest BCUT2D eigenvalue weighted by Gasteiger charge is -2.11. The molecule has 2 unspecified atom stereocenters. The predicted molar refractivity (Wildman–Crippen MR) is 83.0 cm³/mol. The van der Waals surface area contributed by atoms with Gasteiger partial charge in [0.05, 0.1) is 5.69 Å². The molecule has 0 spiro atoms. The molecule has 3 rings (SSSR count). The summed E-state index contributed by atoms with van der Waals surface area (Å²) in [4.78, 5) is 4.62. The monoisotopic (exact) mass is 269 g/mol. The first-order chi connectivity index (χ1) is 9.63. The van der Waals surface area contributed by atoms with Gasteiger partial charge < -0.3 is 9.88 Å². The van der Waals surface area contributed by atoms with Crippen LogP contribution in [0.25, 0.3) is 0 Å². The highest BCUT2D eigenvalue weighted by molar-refractivity contribution is 5.38.